The van der Waals surface area contributed by atoms with E-state index in [-0.39, 0.29) is 12.1 Å². The second-order valence-electron chi connectivity index (χ2n) is 5.37. The van der Waals surface area contributed by atoms with Gasteiger partial charge in [0.2, 0.25) is 0 Å². The lowest BCUT2D eigenvalue weighted by molar-refractivity contribution is -0.141. The normalized spacial score (nSPS) is 16.4. The third-order valence-electron chi connectivity index (χ3n) is 2.59. The molecule has 1 amide bonds. The molecule has 98 valence electrons. The van der Waals surface area contributed by atoms with Gasteiger partial charge in [0.05, 0.1) is 7.11 Å². The first-order valence-corrected chi connectivity index (χ1v) is 5.86. The molecule has 1 fully saturated rings. The van der Waals surface area contributed by atoms with Gasteiger partial charge >= 0.3 is 12.1 Å². The van der Waals surface area contributed by atoms with Gasteiger partial charge in [-0.05, 0) is 33.1 Å². The molecule has 0 aromatic rings. The summed E-state index contributed by atoms with van der Waals surface area (Å²) in [6, 6.07) is 0. The third kappa shape index (κ3) is 4.63. The Kier molecular flexibility index (Phi) is 4.37. The molecule has 5 heteroatoms. The van der Waals surface area contributed by atoms with Crippen molar-refractivity contribution in [2.24, 2.45) is 5.92 Å². The van der Waals surface area contributed by atoms with Crippen LogP contribution in [-0.2, 0) is 14.3 Å². The highest BCUT2D eigenvalue weighted by Gasteiger charge is 2.33. The predicted molar refractivity (Wildman–Crippen MR) is 62.5 cm³/mol. The molecule has 0 unspecified atom stereocenters. The molecule has 0 radical (unpaired) electrons. The standard InChI is InChI=1S/C12H21NO4/c1-12(2,3)17-11(15)13-7-9(8-13)5-6-10(14)16-4/h9H,5-8H2,1-4H3. The zero-order valence-corrected chi connectivity index (χ0v) is 11.0. The number of rotatable bonds is 3. The van der Waals surface area contributed by atoms with Crippen LogP contribution in [0, 0.1) is 5.92 Å². The molecule has 1 heterocycles. The Morgan fingerprint density at radius 2 is 1.88 bits per heavy atom. The molecule has 0 aromatic heterocycles. The molecule has 0 aromatic carbocycles. The molecular formula is C12H21NO4. The number of likely N-dealkylation sites (tertiary alicyclic amines) is 1. The van der Waals surface area contributed by atoms with Crippen LogP contribution >= 0.6 is 0 Å². The van der Waals surface area contributed by atoms with Crippen molar-refractivity contribution in [3.05, 3.63) is 0 Å². The maximum absolute atomic E-state index is 11.6. The van der Waals surface area contributed by atoms with Crippen LogP contribution in [0.3, 0.4) is 0 Å². The molecule has 1 saturated heterocycles. The van der Waals surface area contributed by atoms with E-state index in [2.05, 4.69) is 4.74 Å². The molecule has 0 bridgehead atoms. The first kappa shape index (κ1) is 13.8. The molecule has 1 aliphatic heterocycles. The molecule has 0 spiro atoms. The van der Waals surface area contributed by atoms with E-state index >= 15 is 0 Å². The molecule has 17 heavy (non-hydrogen) atoms. The van der Waals surface area contributed by atoms with Crippen LogP contribution in [0.2, 0.25) is 0 Å². The lowest BCUT2D eigenvalue weighted by Crippen LogP contribution is -2.51. The number of hydrogen-bond acceptors (Lipinski definition) is 4. The molecular weight excluding hydrogens is 222 g/mol. The fourth-order valence-electron chi connectivity index (χ4n) is 1.65. The summed E-state index contributed by atoms with van der Waals surface area (Å²) in [6.45, 7) is 6.89. The number of carbonyl (C=O) groups is 2. The summed E-state index contributed by atoms with van der Waals surface area (Å²) in [7, 11) is 1.39. The quantitative estimate of drug-likeness (QED) is 0.709. The molecule has 1 aliphatic rings. The van der Waals surface area contributed by atoms with Crippen LogP contribution in [0.15, 0.2) is 0 Å². The van der Waals surface area contributed by atoms with Crippen molar-refractivity contribution in [2.75, 3.05) is 20.2 Å². The molecule has 0 saturated carbocycles. The molecule has 5 nitrogen and oxygen atoms in total. The van der Waals surface area contributed by atoms with E-state index in [4.69, 9.17) is 4.74 Å². The zero-order valence-electron chi connectivity index (χ0n) is 11.0. The van der Waals surface area contributed by atoms with Crippen LogP contribution < -0.4 is 0 Å². The van der Waals surface area contributed by atoms with Crippen molar-refractivity contribution in [2.45, 2.75) is 39.2 Å². The van der Waals surface area contributed by atoms with Crippen LogP contribution in [-0.4, -0.2) is 42.8 Å². The van der Waals surface area contributed by atoms with E-state index in [9.17, 15) is 9.59 Å². The summed E-state index contributed by atoms with van der Waals surface area (Å²) in [5.41, 5.74) is -0.450. The number of hydrogen-bond donors (Lipinski definition) is 0. The van der Waals surface area contributed by atoms with Crippen LogP contribution in [0.5, 0.6) is 0 Å². The van der Waals surface area contributed by atoms with Crippen LogP contribution in [0.1, 0.15) is 33.6 Å². The summed E-state index contributed by atoms with van der Waals surface area (Å²) in [5.74, 6) is 0.197. The van der Waals surface area contributed by atoms with Crippen LogP contribution in [0.25, 0.3) is 0 Å². The van der Waals surface area contributed by atoms with Crippen molar-refractivity contribution >= 4 is 12.1 Å². The monoisotopic (exact) mass is 243 g/mol. The van der Waals surface area contributed by atoms with E-state index in [1.807, 2.05) is 20.8 Å². The van der Waals surface area contributed by atoms with E-state index < -0.39 is 5.60 Å². The summed E-state index contributed by atoms with van der Waals surface area (Å²) < 4.78 is 9.80. The minimum absolute atomic E-state index is 0.194. The van der Waals surface area contributed by atoms with Gasteiger partial charge in [0, 0.05) is 19.5 Å². The van der Waals surface area contributed by atoms with Gasteiger partial charge in [-0.25, -0.2) is 4.79 Å². The Morgan fingerprint density at radius 1 is 1.29 bits per heavy atom. The topological polar surface area (TPSA) is 55.8 Å². The summed E-state index contributed by atoms with van der Waals surface area (Å²) in [4.78, 5) is 24.2. The number of ether oxygens (including phenoxy) is 2. The Labute approximate surface area is 102 Å². The Bertz CT molecular complexity index is 289. The second kappa shape index (κ2) is 5.38. The SMILES string of the molecule is COC(=O)CCC1CN(C(=O)OC(C)(C)C)C1. The minimum Gasteiger partial charge on any atom is -0.469 e. The van der Waals surface area contributed by atoms with E-state index in [1.165, 1.54) is 7.11 Å². The molecule has 0 atom stereocenters. The van der Waals surface area contributed by atoms with Crippen molar-refractivity contribution in [3.63, 3.8) is 0 Å². The Balaban J connectivity index is 2.18. The van der Waals surface area contributed by atoms with Gasteiger partial charge in [-0.1, -0.05) is 0 Å². The summed E-state index contributed by atoms with van der Waals surface area (Å²) in [5, 5.41) is 0. The molecule has 0 aliphatic carbocycles. The minimum atomic E-state index is -0.450. The fourth-order valence-corrected chi connectivity index (χ4v) is 1.65. The van der Waals surface area contributed by atoms with Crippen molar-refractivity contribution in [1.29, 1.82) is 0 Å². The summed E-state index contributed by atoms with van der Waals surface area (Å²) in [6.07, 6.45) is 0.918. The molecule has 1 rings (SSSR count). The van der Waals surface area contributed by atoms with Crippen LogP contribution in [0.4, 0.5) is 4.79 Å². The van der Waals surface area contributed by atoms with Gasteiger partial charge in [0.1, 0.15) is 5.60 Å². The van der Waals surface area contributed by atoms with Crippen molar-refractivity contribution < 1.29 is 19.1 Å². The first-order chi connectivity index (χ1) is 7.81. The highest BCUT2D eigenvalue weighted by Crippen LogP contribution is 2.23. The lowest BCUT2D eigenvalue weighted by atomic mass is 9.95. The second-order valence-corrected chi connectivity index (χ2v) is 5.37. The van der Waals surface area contributed by atoms with Gasteiger partial charge in [-0.15, -0.1) is 0 Å². The number of esters is 1. The molecule has 0 N–H and O–H groups in total. The van der Waals surface area contributed by atoms with Crippen molar-refractivity contribution in [1.82, 2.24) is 4.90 Å². The smallest absolute Gasteiger partial charge is 0.410 e. The number of carbonyl (C=O) groups excluding carboxylic acids is 2. The fraction of sp³-hybridized carbons (Fsp3) is 0.833. The largest absolute Gasteiger partial charge is 0.469 e. The zero-order chi connectivity index (χ0) is 13.1. The first-order valence-electron chi connectivity index (χ1n) is 5.86. The van der Waals surface area contributed by atoms with Gasteiger partial charge < -0.3 is 14.4 Å². The number of methoxy groups -OCH3 is 1. The average molecular weight is 243 g/mol. The predicted octanol–water partition coefficient (Wildman–Crippen LogP) is 1.81. The van der Waals surface area contributed by atoms with E-state index in [0.29, 0.717) is 25.4 Å². The average Bonchev–Trinajstić information content (AvgIpc) is 2.11. The van der Waals surface area contributed by atoms with Gasteiger partial charge in [0.15, 0.2) is 0 Å². The maximum atomic E-state index is 11.6. The number of nitrogens with zero attached hydrogens (tertiary/aromatic N) is 1. The summed E-state index contributed by atoms with van der Waals surface area (Å²) >= 11 is 0. The maximum Gasteiger partial charge on any atom is 0.410 e. The van der Waals surface area contributed by atoms with E-state index in [1.54, 1.807) is 4.90 Å². The third-order valence-corrected chi connectivity index (χ3v) is 2.59. The van der Waals surface area contributed by atoms with Gasteiger partial charge in [0.25, 0.3) is 0 Å². The highest BCUT2D eigenvalue weighted by atomic mass is 16.6. The number of amides is 1. The van der Waals surface area contributed by atoms with Gasteiger partial charge in [-0.3, -0.25) is 4.79 Å². The highest BCUT2D eigenvalue weighted by molar-refractivity contribution is 5.70. The Hall–Kier alpha value is -1.26. The van der Waals surface area contributed by atoms with E-state index in [0.717, 1.165) is 6.42 Å². The Morgan fingerprint density at radius 3 is 2.35 bits per heavy atom. The van der Waals surface area contributed by atoms with Gasteiger partial charge in [-0.2, -0.15) is 0 Å². The van der Waals surface area contributed by atoms with Crippen molar-refractivity contribution in [3.8, 4) is 0 Å². The lowest BCUT2D eigenvalue weighted by Gasteiger charge is -2.39.